The van der Waals surface area contributed by atoms with E-state index in [1.54, 1.807) is 17.3 Å². The number of hydrogen-bond donors (Lipinski definition) is 1. The monoisotopic (exact) mass is 535 g/mol. The lowest BCUT2D eigenvalue weighted by Crippen LogP contribution is -2.31. The summed E-state index contributed by atoms with van der Waals surface area (Å²) in [6.07, 6.45) is 0. The van der Waals surface area contributed by atoms with Gasteiger partial charge in [-0.2, -0.15) is 0 Å². The van der Waals surface area contributed by atoms with E-state index in [-0.39, 0.29) is 22.1 Å². The van der Waals surface area contributed by atoms with E-state index in [0.29, 0.717) is 17.9 Å². The third-order valence-corrected chi connectivity index (χ3v) is 9.08. The minimum Gasteiger partial charge on any atom is -0.482 e. The molecule has 0 spiro atoms. The van der Waals surface area contributed by atoms with E-state index in [4.69, 9.17) is 9.84 Å². The van der Waals surface area contributed by atoms with Gasteiger partial charge in [-0.25, -0.2) is 13.2 Å². The molecule has 1 unspecified atom stereocenters. The van der Waals surface area contributed by atoms with E-state index in [0.717, 1.165) is 27.9 Å². The number of carboxylic acids is 1. The Morgan fingerprint density at radius 3 is 2.21 bits per heavy atom. The van der Waals surface area contributed by atoms with E-state index in [1.165, 1.54) is 17.7 Å². The molecule has 0 amide bonds. The molecule has 3 aromatic rings. The number of carboxylic acid groups (broad SMARTS) is 1. The number of ether oxygens (including phenoxy) is 1. The van der Waals surface area contributed by atoms with Gasteiger partial charge in [0.15, 0.2) is 6.61 Å². The maximum Gasteiger partial charge on any atom is 0.341 e. The van der Waals surface area contributed by atoms with Crippen molar-refractivity contribution < 1.29 is 23.1 Å². The SMILES string of the molecule is Cc1cc(S(=O)(=O)N2CC(C(C)C)c3cc(-c4ccc(C(C)(C)C)cc4)cc(C)c32)ccc1OCC(=O)O. The lowest BCUT2D eigenvalue weighted by Gasteiger charge is -2.23. The van der Waals surface area contributed by atoms with E-state index >= 15 is 0 Å². The third-order valence-electron chi connectivity index (χ3n) is 7.32. The van der Waals surface area contributed by atoms with Crippen LogP contribution < -0.4 is 9.04 Å². The van der Waals surface area contributed by atoms with E-state index in [2.05, 4.69) is 71.0 Å². The Bertz CT molecular complexity index is 1470. The topological polar surface area (TPSA) is 83.9 Å². The molecule has 0 saturated heterocycles. The van der Waals surface area contributed by atoms with Gasteiger partial charge < -0.3 is 9.84 Å². The van der Waals surface area contributed by atoms with Crippen LogP contribution in [0, 0.1) is 19.8 Å². The lowest BCUT2D eigenvalue weighted by molar-refractivity contribution is -0.139. The number of rotatable bonds is 7. The van der Waals surface area contributed by atoms with Gasteiger partial charge in [-0.1, -0.05) is 58.9 Å². The second-order valence-electron chi connectivity index (χ2n) is 11.6. The molecule has 0 aliphatic carbocycles. The van der Waals surface area contributed by atoms with Gasteiger partial charge in [0.25, 0.3) is 10.0 Å². The first-order valence-corrected chi connectivity index (χ1v) is 14.4. The van der Waals surface area contributed by atoms with Crippen molar-refractivity contribution in [2.24, 2.45) is 5.92 Å². The first-order valence-electron chi connectivity index (χ1n) is 12.9. The number of hydrogen-bond acceptors (Lipinski definition) is 4. The molecule has 1 atom stereocenters. The number of fused-ring (bicyclic) bond motifs is 1. The van der Waals surface area contributed by atoms with Crippen molar-refractivity contribution in [3.05, 3.63) is 76.9 Å². The van der Waals surface area contributed by atoms with E-state index < -0.39 is 22.6 Å². The fourth-order valence-corrected chi connectivity index (χ4v) is 6.79. The van der Waals surface area contributed by atoms with Gasteiger partial charge >= 0.3 is 5.97 Å². The lowest BCUT2D eigenvalue weighted by atomic mass is 9.85. The normalized spacial score (nSPS) is 15.6. The first-order chi connectivity index (χ1) is 17.7. The molecule has 3 aromatic carbocycles. The molecule has 1 N–H and O–H groups in total. The largest absolute Gasteiger partial charge is 0.482 e. The van der Waals surface area contributed by atoms with Crippen molar-refractivity contribution in [1.29, 1.82) is 0 Å². The molecule has 0 aromatic heterocycles. The van der Waals surface area contributed by atoms with Crippen molar-refractivity contribution in [2.75, 3.05) is 17.5 Å². The van der Waals surface area contributed by atoms with Gasteiger partial charge in [0, 0.05) is 12.5 Å². The van der Waals surface area contributed by atoms with Crippen LogP contribution in [-0.2, 0) is 20.2 Å². The zero-order valence-electron chi connectivity index (χ0n) is 23.2. The average Bonchev–Trinajstić information content (AvgIpc) is 3.24. The van der Waals surface area contributed by atoms with Crippen LogP contribution in [0.25, 0.3) is 11.1 Å². The number of carbonyl (C=O) groups is 1. The molecule has 1 heterocycles. The van der Waals surface area contributed by atoms with Crippen molar-refractivity contribution in [3.8, 4) is 16.9 Å². The summed E-state index contributed by atoms with van der Waals surface area (Å²) in [5, 5.41) is 8.89. The van der Waals surface area contributed by atoms with Gasteiger partial charge in [-0.15, -0.1) is 0 Å². The minimum absolute atomic E-state index is 0.0616. The van der Waals surface area contributed by atoms with Crippen molar-refractivity contribution in [3.63, 3.8) is 0 Å². The average molecular weight is 536 g/mol. The molecule has 202 valence electrons. The van der Waals surface area contributed by atoms with Crippen LogP contribution in [0.3, 0.4) is 0 Å². The molecule has 0 bridgehead atoms. The van der Waals surface area contributed by atoms with Gasteiger partial charge in [-0.3, -0.25) is 4.31 Å². The second kappa shape index (κ2) is 10.1. The zero-order valence-corrected chi connectivity index (χ0v) is 24.0. The highest BCUT2D eigenvalue weighted by molar-refractivity contribution is 7.92. The summed E-state index contributed by atoms with van der Waals surface area (Å²) in [5.74, 6) is -0.423. The van der Waals surface area contributed by atoms with Crippen LogP contribution >= 0.6 is 0 Å². The molecule has 4 rings (SSSR count). The highest BCUT2D eigenvalue weighted by Gasteiger charge is 2.39. The van der Waals surface area contributed by atoms with Crippen LogP contribution in [0.1, 0.15) is 62.8 Å². The highest BCUT2D eigenvalue weighted by Crippen LogP contribution is 2.47. The molecule has 1 aliphatic rings. The maximum absolute atomic E-state index is 13.9. The van der Waals surface area contributed by atoms with Gasteiger partial charge in [-0.05, 0) is 88.9 Å². The number of aryl methyl sites for hydroxylation is 2. The molecular weight excluding hydrogens is 498 g/mol. The molecule has 38 heavy (non-hydrogen) atoms. The molecule has 7 heteroatoms. The van der Waals surface area contributed by atoms with Crippen molar-refractivity contribution in [1.82, 2.24) is 0 Å². The number of benzene rings is 3. The fraction of sp³-hybridized carbons (Fsp3) is 0.387. The number of nitrogens with zero attached hydrogens (tertiary/aromatic N) is 1. The standard InChI is InChI=1S/C31H37NO5S/c1-19(2)27-17-32(38(35,36)25-12-13-28(20(3)15-25)37-18-29(33)34)30-21(4)14-23(16-26(27)30)22-8-10-24(11-9-22)31(5,6)7/h8-16,19,27H,17-18H2,1-7H3,(H,33,34). The summed E-state index contributed by atoms with van der Waals surface area (Å²) in [7, 11) is -3.85. The highest BCUT2D eigenvalue weighted by atomic mass is 32.2. The second-order valence-corrected chi connectivity index (χ2v) is 13.4. The Morgan fingerprint density at radius 1 is 1.00 bits per heavy atom. The predicted molar refractivity (Wildman–Crippen MR) is 152 cm³/mol. The molecule has 0 saturated carbocycles. The molecule has 6 nitrogen and oxygen atoms in total. The number of anilines is 1. The maximum atomic E-state index is 13.9. The Labute approximate surface area is 226 Å². The van der Waals surface area contributed by atoms with Crippen LogP contribution in [0.4, 0.5) is 5.69 Å². The zero-order chi connectivity index (χ0) is 28.0. The predicted octanol–water partition coefficient (Wildman–Crippen LogP) is 6.68. The Morgan fingerprint density at radius 2 is 1.66 bits per heavy atom. The molecular formula is C31H37NO5S. The Balaban J connectivity index is 1.74. The fourth-order valence-electron chi connectivity index (χ4n) is 5.13. The van der Waals surface area contributed by atoms with Crippen LogP contribution in [0.5, 0.6) is 5.75 Å². The summed E-state index contributed by atoms with van der Waals surface area (Å²) >= 11 is 0. The molecule has 1 aliphatic heterocycles. The quantitative estimate of drug-likeness (QED) is 0.365. The van der Waals surface area contributed by atoms with Gasteiger partial charge in [0.1, 0.15) is 5.75 Å². The summed E-state index contributed by atoms with van der Waals surface area (Å²) in [5.41, 5.74) is 6.83. The molecule has 0 fully saturated rings. The minimum atomic E-state index is -3.85. The Hall–Kier alpha value is -3.32. The van der Waals surface area contributed by atoms with Crippen molar-refractivity contribution in [2.45, 2.75) is 64.7 Å². The van der Waals surface area contributed by atoms with Crippen LogP contribution in [0.15, 0.2) is 59.5 Å². The first kappa shape index (κ1) is 27.7. The van der Waals surface area contributed by atoms with Crippen molar-refractivity contribution >= 4 is 21.7 Å². The van der Waals surface area contributed by atoms with Gasteiger partial charge in [0.05, 0.1) is 10.6 Å². The summed E-state index contributed by atoms with van der Waals surface area (Å²) in [6, 6.07) is 17.4. The third kappa shape index (κ3) is 5.30. The summed E-state index contributed by atoms with van der Waals surface area (Å²) in [6.45, 7) is 14.4. The Kier molecular flexibility index (Phi) is 7.36. The summed E-state index contributed by atoms with van der Waals surface area (Å²) < 4.78 is 34.7. The number of sulfonamides is 1. The van der Waals surface area contributed by atoms with Gasteiger partial charge in [0.2, 0.25) is 0 Å². The smallest absolute Gasteiger partial charge is 0.341 e. The van der Waals surface area contributed by atoms with Crippen LogP contribution in [0.2, 0.25) is 0 Å². The summed E-state index contributed by atoms with van der Waals surface area (Å²) in [4.78, 5) is 11.0. The van der Waals surface area contributed by atoms with E-state index in [9.17, 15) is 13.2 Å². The number of aliphatic carboxylic acids is 1. The van der Waals surface area contributed by atoms with Crippen LogP contribution in [-0.4, -0.2) is 32.6 Å². The molecule has 0 radical (unpaired) electrons. The van der Waals surface area contributed by atoms with E-state index in [1.807, 2.05) is 6.92 Å².